The Labute approximate surface area is 98.2 Å². The molecule has 1 aromatic rings. The van der Waals surface area contributed by atoms with Gasteiger partial charge >= 0.3 is 0 Å². The first-order valence-electron chi connectivity index (χ1n) is 5.88. The highest BCUT2D eigenvalue weighted by molar-refractivity contribution is 5.11. The minimum Gasteiger partial charge on any atom is -0.271 e. The van der Waals surface area contributed by atoms with Crippen molar-refractivity contribution in [1.82, 2.24) is 15.2 Å². The van der Waals surface area contributed by atoms with Gasteiger partial charge in [-0.15, -0.1) is 0 Å². The molecule has 4 heteroatoms. The molecule has 0 saturated carbocycles. The molecule has 0 bridgehead atoms. The van der Waals surface area contributed by atoms with Gasteiger partial charge in [0.2, 0.25) is 0 Å². The molecule has 4 nitrogen and oxygen atoms in total. The van der Waals surface area contributed by atoms with E-state index in [9.17, 15) is 0 Å². The van der Waals surface area contributed by atoms with E-state index in [0.717, 1.165) is 18.7 Å². The van der Waals surface area contributed by atoms with Crippen molar-refractivity contribution in [2.24, 2.45) is 11.3 Å². The van der Waals surface area contributed by atoms with Crippen LogP contribution in [0.1, 0.15) is 39.1 Å². The molecular formula is C12H24N4. The van der Waals surface area contributed by atoms with Crippen molar-refractivity contribution in [3.63, 3.8) is 0 Å². The van der Waals surface area contributed by atoms with E-state index in [2.05, 4.69) is 44.3 Å². The smallest absolute Gasteiger partial charge is 0.0596 e. The summed E-state index contributed by atoms with van der Waals surface area (Å²) in [6.07, 6.45) is 0.911. The van der Waals surface area contributed by atoms with E-state index in [1.165, 1.54) is 5.69 Å². The predicted molar refractivity (Wildman–Crippen MR) is 66.9 cm³/mol. The first kappa shape index (κ1) is 13.2. The van der Waals surface area contributed by atoms with E-state index in [1.54, 1.807) is 0 Å². The summed E-state index contributed by atoms with van der Waals surface area (Å²) in [6, 6.07) is 2.40. The second kappa shape index (κ2) is 4.97. The molecule has 1 unspecified atom stereocenters. The topological polar surface area (TPSA) is 55.9 Å². The fraction of sp³-hybridized carbons (Fsp3) is 0.750. The zero-order valence-corrected chi connectivity index (χ0v) is 11.0. The Morgan fingerprint density at radius 1 is 1.50 bits per heavy atom. The van der Waals surface area contributed by atoms with Crippen molar-refractivity contribution >= 4 is 0 Å². The lowest BCUT2D eigenvalue weighted by Crippen LogP contribution is -2.46. The third-order valence-electron chi connectivity index (χ3n) is 2.94. The molecule has 0 saturated heterocycles. The van der Waals surface area contributed by atoms with Crippen LogP contribution < -0.4 is 11.3 Å². The third-order valence-corrected chi connectivity index (χ3v) is 2.94. The summed E-state index contributed by atoms with van der Waals surface area (Å²) >= 11 is 0. The molecule has 92 valence electrons. The number of nitrogens with zero attached hydrogens (tertiary/aromatic N) is 2. The minimum atomic E-state index is 0.144. The summed E-state index contributed by atoms with van der Waals surface area (Å²) in [6.45, 7) is 11.6. The van der Waals surface area contributed by atoms with Gasteiger partial charge in [0.05, 0.1) is 5.69 Å². The maximum Gasteiger partial charge on any atom is 0.0596 e. The minimum absolute atomic E-state index is 0.144. The Kier molecular flexibility index (Phi) is 4.10. The first-order chi connectivity index (χ1) is 7.38. The molecule has 1 heterocycles. The lowest BCUT2D eigenvalue weighted by Gasteiger charge is -2.30. The number of nitrogens with two attached hydrogens (primary N) is 1. The van der Waals surface area contributed by atoms with Gasteiger partial charge in [0.15, 0.2) is 0 Å². The lowest BCUT2D eigenvalue weighted by atomic mass is 9.84. The Hall–Kier alpha value is -0.870. The number of hydrazine groups is 1. The Morgan fingerprint density at radius 2 is 2.12 bits per heavy atom. The van der Waals surface area contributed by atoms with Crippen LogP contribution >= 0.6 is 0 Å². The third kappa shape index (κ3) is 3.06. The molecule has 0 fully saturated rings. The van der Waals surface area contributed by atoms with Crippen LogP contribution in [0.4, 0.5) is 0 Å². The van der Waals surface area contributed by atoms with Crippen LogP contribution in [0.2, 0.25) is 0 Å². The fourth-order valence-corrected chi connectivity index (χ4v) is 1.86. The Bertz CT molecular complexity index is 335. The van der Waals surface area contributed by atoms with Gasteiger partial charge in [0.25, 0.3) is 0 Å². The molecule has 0 aliphatic rings. The van der Waals surface area contributed by atoms with Crippen LogP contribution in [0, 0.1) is 12.3 Å². The predicted octanol–water partition coefficient (Wildman–Crippen LogP) is 1.63. The molecule has 3 N–H and O–H groups in total. The van der Waals surface area contributed by atoms with Gasteiger partial charge in [0, 0.05) is 24.7 Å². The average molecular weight is 224 g/mol. The number of rotatable bonds is 4. The van der Waals surface area contributed by atoms with Gasteiger partial charge in [0.1, 0.15) is 0 Å². The highest BCUT2D eigenvalue weighted by Crippen LogP contribution is 2.22. The molecule has 0 spiro atoms. The Morgan fingerprint density at radius 3 is 2.56 bits per heavy atom. The van der Waals surface area contributed by atoms with Gasteiger partial charge < -0.3 is 0 Å². The van der Waals surface area contributed by atoms with Gasteiger partial charge in [-0.05, 0) is 25.3 Å². The zero-order valence-electron chi connectivity index (χ0n) is 11.0. The number of hydrogen-bond donors (Lipinski definition) is 2. The molecule has 0 aromatic carbocycles. The van der Waals surface area contributed by atoms with Crippen molar-refractivity contribution in [1.29, 1.82) is 0 Å². The standard InChI is InChI=1S/C12H24N4/c1-6-16-10(7-9(2)15-16)8-11(14-13)12(3,4)5/h7,11,14H,6,8,13H2,1-5H3. The number of hydrogen-bond acceptors (Lipinski definition) is 3. The zero-order chi connectivity index (χ0) is 12.3. The molecule has 0 aliphatic carbocycles. The Balaban J connectivity index is 2.85. The second-order valence-electron chi connectivity index (χ2n) is 5.38. The average Bonchev–Trinajstić information content (AvgIpc) is 2.53. The highest BCUT2D eigenvalue weighted by atomic mass is 15.3. The first-order valence-corrected chi connectivity index (χ1v) is 5.88. The molecule has 0 amide bonds. The van der Waals surface area contributed by atoms with Gasteiger partial charge in [-0.3, -0.25) is 16.0 Å². The van der Waals surface area contributed by atoms with E-state index < -0.39 is 0 Å². The maximum absolute atomic E-state index is 5.63. The summed E-state index contributed by atoms with van der Waals surface area (Å²) < 4.78 is 2.05. The monoisotopic (exact) mass is 224 g/mol. The van der Waals surface area contributed by atoms with Crippen LogP contribution in [0.3, 0.4) is 0 Å². The molecule has 0 radical (unpaired) electrons. The summed E-state index contributed by atoms with van der Waals surface area (Å²) in [5.41, 5.74) is 5.37. The number of nitrogens with one attached hydrogen (secondary N) is 1. The molecule has 1 atom stereocenters. The summed E-state index contributed by atoms with van der Waals surface area (Å²) in [5, 5.41) is 4.45. The van der Waals surface area contributed by atoms with Crippen LogP contribution in [-0.4, -0.2) is 15.8 Å². The van der Waals surface area contributed by atoms with E-state index in [1.807, 2.05) is 11.6 Å². The normalized spacial score (nSPS) is 14.1. The van der Waals surface area contributed by atoms with Crippen molar-refractivity contribution < 1.29 is 0 Å². The van der Waals surface area contributed by atoms with Crippen molar-refractivity contribution in [3.05, 3.63) is 17.5 Å². The highest BCUT2D eigenvalue weighted by Gasteiger charge is 2.24. The molecular weight excluding hydrogens is 200 g/mol. The fourth-order valence-electron chi connectivity index (χ4n) is 1.86. The summed E-state index contributed by atoms with van der Waals surface area (Å²) in [7, 11) is 0. The number of aryl methyl sites for hydroxylation is 2. The number of aromatic nitrogens is 2. The van der Waals surface area contributed by atoms with E-state index in [4.69, 9.17) is 5.84 Å². The molecule has 0 aliphatic heterocycles. The van der Waals surface area contributed by atoms with Crippen molar-refractivity contribution in [2.45, 2.75) is 53.6 Å². The SMILES string of the molecule is CCn1nc(C)cc1CC(NN)C(C)(C)C. The van der Waals surface area contributed by atoms with Crippen LogP contribution in [0.15, 0.2) is 6.07 Å². The van der Waals surface area contributed by atoms with Crippen molar-refractivity contribution in [2.75, 3.05) is 0 Å². The molecule has 1 rings (SSSR count). The van der Waals surface area contributed by atoms with E-state index >= 15 is 0 Å². The largest absolute Gasteiger partial charge is 0.271 e. The van der Waals surface area contributed by atoms with Crippen LogP contribution in [0.25, 0.3) is 0 Å². The summed E-state index contributed by atoms with van der Waals surface area (Å²) in [5.74, 6) is 5.63. The van der Waals surface area contributed by atoms with E-state index in [-0.39, 0.29) is 11.5 Å². The lowest BCUT2D eigenvalue weighted by molar-refractivity contribution is 0.265. The maximum atomic E-state index is 5.63. The van der Waals surface area contributed by atoms with Crippen LogP contribution in [0.5, 0.6) is 0 Å². The van der Waals surface area contributed by atoms with Gasteiger partial charge in [-0.1, -0.05) is 20.8 Å². The molecule has 1 aromatic heterocycles. The van der Waals surface area contributed by atoms with Crippen molar-refractivity contribution in [3.8, 4) is 0 Å². The summed E-state index contributed by atoms with van der Waals surface area (Å²) in [4.78, 5) is 0. The quantitative estimate of drug-likeness (QED) is 0.604. The molecule has 16 heavy (non-hydrogen) atoms. The van der Waals surface area contributed by atoms with Crippen LogP contribution in [-0.2, 0) is 13.0 Å². The van der Waals surface area contributed by atoms with E-state index in [0.29, 0.717) is 0 Å². The van der Waals surface area contributed by atoms with Gasteiger partial charge in [-0.2, -0.15) is 5.10 Å². The van der Waals surface area contributed by atoms with Gasteiger partial charge in [-0.25, -0.2) is 0 Å². The second-order valence-corrected chi connectivity index (χ2v) is 5.38.